The molecule has 256 valence electrons. The smallest absolute Gasteiger partial charge is 0.545 e. The third-order valence-electron chi connectivity index (χ3n) is 4.38. The Morgan fingerprint density at radius 2 is 0.333 bits per heavy atom. The minimum absolute atomic E-state index is 0. The molecular weight excluding hydrogens is 1340 g/mol. The van der Waals surface area contributed by atoms with Crippen molar-refractivity contribution in [1.29, 1.82) is 0 Å². The first-order valence-electron chi connectivity index (χ1n) is 8.02. The van der Waals surface area contributed by atoms with Crippen molar-refractivity contribution in [1.82, 2.24) is 0 Å². The molecule has 0 aromatic heterocycles. The number of fused-ring (bicyclic) bond motifs is 1. The molecule has 0 unspecified atom stereocenters. The van der Waals surface area contributed by atoms with Gasteiger partial charge in [0, 0.05) is 55.3 Å². The molecule has 0 saturated carbocycles. The molecule has 0 aliphatic carbocycles. The number of carbonyl (C=O) groups is 8. The van der Waals surface area contributed by atoms with E-state index in [1.165, 1.54) is 0 Å². The van der Waals surface area contributed by atoms with E-state index >= 15 is 0 Å². The summed E-state index contributed by atoms with van der Waals surface area (Å²) in [6, 6.07) is 0. The molecule has 0 radical (unpaired) electrons. The molecule has 2 aromatic rings. The zero-order valence-electron chi connectivity index (χ0n) is 17.9. The van der Waals surface area contributed by atoms with Gasteiger partial charge in [0.25, 0.3) is 0 Å². The topological polar surface area (TPSA) is 321 Å². The number of aromatic carboxylic acids is 8. The summed E-state index contributed by atoms with van der Waals surface area (Å²) < 4.78 is 0. The summed E-state index contributed by atoms with van der Waals surface area (Å²) in [5.74, 6) is -22.7. The SMILES string of the molecule is O=C([O-])c1c(C(=O)[O-])c(C(=O)[O-])c2c(C(=O)[O-])c(C(=O)[O-])c(C(=O)[O-])c(C(=O)[O-])c2c1C(=O)[O-].[Ag+].[Ag+].[Ag+].[Ag+].[Ag+].[Ag+].[Ag+].[Ag+]. The van der Waals surface area contributed by atoms with Crippen LogP contribution in [0.3, 0.4) is 0 Å². The van der Waals surface area contributed by atoms with Crippen molar-refractivity contribution in [2.45, 2.75) is 0 Å². The normalized spacial score (nSPS) is 8.48. The van der Waals surface area contributed by atoms with Crippen LogP contribution in [0.5, 0.6) is 0 Å². The predicted octanol–water partition coefficient (Wildman–Crippen LogP) is -10.3. The van der Waals surface area contributed by atoms with Gasteiger partial charge in [0.2, 0.25) is 0 Å². The van der Waals surface area contributed by atoms with Gasteiger partial charge in [0.1, 0.15) is 0 Å². The first-order chi connectivity index (χ1) is 15.6. The summed E-state index contributed by atoms with van der Waals surface area (Å²) in [5.41, 5.74) is -17.3. The van der Waals surface area contributed by atoms with Gasteiger partial charge >= 0.3 is 179 Å². The van der Waals surface area contributed by atoms with Gasteiger partial charge in [-0.15, -0.1) is 0 Å². The number of benzene rings is 2. The van der Waals surface area contributed by atoms with Gasteiger partial charge in [-0.1, -0.05) is 0 Å². The molecule has 0 N–H and O–H groups in total. The van der Waals surface area contributed by atoms with E-state index in [2.05, 4.69) is 0 Å². The van der Waals surface area contributed by atoms with Gasteiger partial charge < -0.3 is 79.2 Å². The minimum atomic E-state index is -2.84. The van der Waals surface area contributed by atoms with Crippen LogP contribution in [0.4, 0.5) is 0 Å². The summed E-state index contributed by atoms with van der Waals surface area (Å²) in [5, 5.41) is 89.0. The molecule has 16 nitrogen and oxygen atoms in total. The molecule has 0 spiro atoms. The Kier molecular flexibility index (Phi) is 31.5. The molecule has 24 heteroatoms. The maximum absolute atomic E-state index is 11.7. The second-order valence-corrected chi connectivity index (χ2v) is 6.05. The van der Waals surface area contributed by atoms with Crippen LogP contribution in [0.2, 0.25) is 0 Å². The van der Waals surface area contributed by atoms with Crippen molar-refractivity contribution in [3.8, 4) is 0 Å². The standard InChI is InChI=1S/C18H8O16.8Ag/c19-11(20)3-1-2(5(13(23)24)9(17(31)32)7(3)15(27)28)6(14(25)26)10(18(33)34)8(16(29)30)4(1)12(21)22;;;;;;;;/h(H,19,20)(H,21,22)(H,23,24)(H,25,26)(H,27,28)(H,29,30)(H,31,32)(H,33,34);;;;;;;;/q;8*+1/p-8. The maximum Gasteiger partial charge on any atom is 1.00 e. The average Bonchev–Trinajstić information content (AvgIpc) is 2.68. The van der Waals surface area contributed by atoms with Crippen molar-refractivity contribution < 1.29 is 258 Å². The molecule has 0 fully saturated rings. The van der Waals surface area contributed by atoms with Crippen molar-refractivity contribution in [2.24, 2.45) is 0 Å². The average molecular weight is 1340 g/mol. The molecule has 0 bridgehead atoms. The van der Waals surface area contributed by atoms with Gasteiger partial charge in [-0.2, -0.15) is 0 Å². The van der Waals surface area contributed by atoms with E-state index in [-0.39, 0.29) is 179 Å². The fourth-order valence-corrected chi connectivity index (χ4v) is 3.38. The number of carboxylic acids is 8. The van der Waals surface area contributed by atoms with Crippen LogP contribution in [0.1, 0.15) is 82.9 Å². The fourth-order valence-electron chi connectivity index (χ4n) is 3.38. The summed E-state index contributed by atoms with van der Waals surface area (Å²) >= 11 is 0. The van der Waals surface area contributed by atoms with Crippen molar-refractivity contribution in [3.05, 3.63) is 44.5 Å². The van der Waals surface area contributed by atoms with Crippen LogP contribution < -0.4 is 40.9 Å². The van der Waals surface area contributed by atoms with E-state index in [9.17, 15) is 79.2 Å². The second-order valence-electron chi connectivity index (χ2n) is 6.05. The molecule has 2 rings (SSSR count). The molecule has 0 atom stereocenters. The molecule has 42 heavy (non-hydrogen) atoms. The van der Waals surface area contributed by atoms with E-state index in [0.29, 0.717) is 0 Å². The third-order valence-corrected chi connectivity index (χ3v) is 4.38. The van der Waals surface area contributed by atoms with Crippen LogP contribution in [-0.2, 0) is 179 Å². The fraction of sp³-hybridized carbons (Fsp3) is 0. The Morgan fingerprint density at radius 1 is 0.238 bits per heavy atom. The molecule has 2 aromatic carbocycles. The van der Waals surface area contributed by atoms with E-state index in [0.717, 1.165) is 0 Å². The Bertz CT molecular complexity index is 1230. The minimum Gasteiger partial charge on any atom is -0.545 e. The third kappa shape index (κ3) is 10.7. The van der Waals surface area contributed by atoms with Crippen LogP contribution in [0, 0.1) is 0 Å². The number of rotatable bonds is 8. The van der Waals surface area contributed by atoms with Crippen molar-refractivity contribution in [2.75, 3.05) is 0 Å². The molecule has 0 saturated heterocycles. The molecular formula is C18Ag8O16. The zero-order valence-corrected chi connectivity index (χ0v) is 29.8. The second kappa shape index (κ2) is 22.8. The molecule has 0 heterocycles. The van der Waals surface area contributed by atoms with Crippen LogP contribution in [0.25, 0.3) is 10.8 Å². The van der Waals surface area contributed by atoms with Gasteiger partial charge in [0.05, 0.1) is 47.8 Å². The van der Waals surface area contributed by atoms with Gasteiger partial charge in [-0.05, 0) is 0 Å². The van der Waals surface area contributed by atoms with Gasteiger partial charge in [0.15, 0.2) is 0 Å². The largest absolute Gasteiger partial charge is 1.00 e. The van der Waals surface area contributed by atoms with Gasteiger partial charge in [-0.25, -0.2) is 0 Å². The Morgan fingerprint density at radius 3 is 0.405 bits per heavy atom. The number of hydrogen-bond donors (Lipinski definition) is 0. The first-order valence-corrected chi connectivity index (χ1v) is 8.02. The van der Waals surface area contributed by atoms with E-state index in [4.69, 9.17) is 0 Å². The predicted molar refractivity (Wildman–Crippen MR) is 78.6 cm³/mol. The summed E-state index contributed by atoms with van der Waals surface area (Å²) in [7, 11) is 0. The van der Waals surface area contributed by atoms with Gasteiger partial charge in [-0.3, -0.25) is 0 Å². The first kappa shape index (κ1) is 58.0. The molecule has 0 aliphatic rings. The maximum atomic E-state index is 11.7. The monoisotopic (exact) mass is 1330 g/mol. The Hall–Kier alpha value is 0.382. The molecule has 0 amide bonds. The zero-order chi connectivity index (χ0) is 26.4. The molecule has 0 aliphatic heterocycles. The Labute approximate surface area is 356 Å². The quantitative estimate of drug-likeness (QED) is 0.222. The van der Waals surface area contributed by atoms with E-state index in [1.54, 1.807) is 0 Å². The van der Waals surface area contributed by atoms with Crippen LogP contribution in [-0.4, -0.2) is 47.8 Å². The van der Waals surface area contributed by atoms with Crippen LogP contribution >= 0.6 is 0 Å². The van der Waals surface area contributed by atoms with Crippen molar-refractivity contribution >= 4 is 58.5 Å². The summed E-state index contributed by atoms with van der Waals surface area (Å²) in [6.07, 6.45) is 0. The number of carboxylic acid groups (broad SMARTS) is 8. The van der Waals surface area contributed by atoms with Crippen LogP contribution in [0.15, 0.2) is 0 Å². The van der Waals surface area contributed by atoms with E-state index in [1.807, 2.05) is 0 Å². The number of hydrogen-bond acceptors (Lipinski definition) is 16. The number of carbonyl (C=O) groups excluding carboxylic acids is 8. The van der Waals surface area contributed by atoms with Crippen molar-refractivity contribution in [3.63, 3.8) is 0 Å². The summed E-state index contributed by atoms with van der Waals surface area (Å²) in [4.78, 5) is 93.0. The Balaban J connectivity index is -0.000000306. The van der Waals surface area contributed by atoms with E-state index < -0.39 is 103 Å². The summed E-state index contributed by atoms with van der Waals surface area (Å²) in [6.45, 7) is 0.